The van der Waals surface area contributed by atoms with Gasteiger partial charge in [-0.25, -0.2) is 0 Å². The van der Waals surface area contributed by atoms with Crippen LogP contribution in [0.15, 0.2) is 169 Å². The molecule has 47 heavy (non-hydrogen) atoms. The Kier molecular flexibility index (Phi) is 6.53. The monoisotopic (exact) mass is 607 g/mol. The summed E-state index contributed by atoms with van der Waals surface area (Å²) in [6.07, 6.45) is 30.3. The molecule has 0 N–H and O–H groups in total. The summed E-state index contributed by atoms with van der Waals surface area (Å²) >= 11 is 0. The molecule has 0 aromatic heterocycles. The summed E-state index contributed by atoms with van der Waals surface area (Å²) in [5.41, 5.74) is 7.26. The molecule has 226 valence electrons. The molecule has 0 heterocycles. The molecule has 0 fully saturated rings. The fourth-order valence-corrected chi connectivity index (χ4v) is 7.98. The molecule has 0 saturated carbocycles. The van der Waals surface area contributed by atoms with Gasteiger partial charge in [0, 0.05) is 34.3 Å². The van der Waals surface area contributed by atoms with Gasteiger partial charge in [0.05, 0.1) is 12.0 Å². The Morgan fingerprint density at radius 1 is 0.617 bits per heavy atom. The maximum atomic E-state index is 13.5. The van der Waals surface area contributed by atoms with E-state index in [0.717, 1.165) is 39.2 Å². The minimum atomic E-state index is -0.674. The number of fused-ring (bicyclic) bond motifs is 5. The van der Waals surface area contributed by atoms with E-state index in [1.807, 2.05) is 36.4 Å². The van der Waals surface area contributed by atoms with E-state index in [1.54, 1.807) is 0 Å². The van der Waals surface area contributed by atoms with E-state index >= 15 is 0 Å². The van der Waals surface area contributed by atoms with Crippen LogP contribution in [0.5, 0.6) is 0 Å². The Hall–Kier alpha value is -5.54. The number of anilines is 1. The maximum Gasteiger partial charge on any atom is 0.174 e. The Morgan fingerprint density at radius 2 is 1.32 bits per heavy atom. The van der Waals surface area contributed by atoms with E-state index in [4.69, 9.17) is 0 Å². The highest BCUT2D eigenvalue weighted by Gasteiger charge is 2.39. The van der Waals surface area contributed by atoms with Crippen LogP contribution in [-0.4, -0.2) is 17.6 Å². The first-order valence-corrected chi connectivity index (χ1v) is 16.5. The Labute approximate surface area is 274 Å². The Morgan fingerprint density at radius 3 is 2.13 bits per heavy atom. The summed E-state index contributed by atoms with van der Waals surface area (Å²) in [6, 6.07) is 24.9. The second-order valence-electron chi connectivity index (χ2n) is 13.2. The number of allylic oxidation sites excluding steroid dienone is 13. The largest absolute Gasteiger partial charge is 0.337 e. The van der Waals surface area contributed by atoms with Crippen molar-refractivity contribution in [3.8, 4) is 0 Å². The van der Waals surface area contributed by atoms with Gasteiger partial charge in [-0.05, 0) is 81.4 Å². The summed E-state index contributed by atoms with van der Waals surface area (Å²) in [6.45, 7) is 0. The summed E-state index contributed by atoms with van der Waals surface area (Å²) in [4.78, 5) is 29.5. The number of hydrogen-bond acceptors (Lipinski definition) is 3. The highest BCUT2D eigenvalue weighted by molar-refractivity contribution is 6.28. The third kappa shape index (κ3) is 4.73. The molecule has 3 heteroatoms. The quantitative estimate of drug-likeness (QED) is 0.212. The predicted molar refractivity (Wildman–Crippen MR) is 192 cm³/mol. The fourth-order valence-electron chi connectivity index (χ4n) is 7.98. The molecule has 5 aliphatic carbocycles. The average molecular weight is 608 g/mol. The summed E-state index contributed by atoms with van der Waals surface area (Å²) in [5, 5.41) is 4.22. The third-order valence-corrected chi connectivity index (χ3v) is 10.4. The zero-order valence-electron chi connectivity index (χ0n) is 25.9. The van der Waals surface area contributed by atoms with Gasteiger partial charge >= 0.3 is 0 Å². The zero-order valence-corrected chi connectivity index (χ0v) is 25.9. The van der Waals surface area contributed by atoms with Crippen LogP contribution in [0.1, 0.15) is 32.7 Å². The summed E-state index contributed by atoms with van der Waals surface area (Å²) in [7, 11) is 0. The Balaban J connectivity index is 1.04. The molecule has 3 unspecified atom stereocenters. The summed E-state index contributed by atoms with van der Waals surface area (Å²) in [5.74, 6) is -0.168. The van der Waals surface area contributed by atoms with Crippen LogP contribution in [0, 0.1) is 17.8 Å². The first-order chi connectivity index (χ1) is 23.1. The second kappa shape index (κ2) is 11.1. The lowest BCUT2D eigenvalue weighted by Gasteiger charge is -2.41. The minimum absolute atomic E-state index is 0.0660. The molecule has 0 amide bonds. The fraction of sp³-hybridized carbons (Fsp3) is 0.136. The van der Waals surface area contributed by atoms with Gasteiger partial charge in [0.15, 0.2) is 11.6 Å². The van der Waals surface area contributed by atoms with Crippen molar-refractivity contribution in [2.24, 2.45) is 17.8 Å². The van der Waals surface area contributed by atoms with Gasteiger partial charge in [0.25, 0.3) is 0 Å². The van der Waals surface area contributed by atoms with Gasteiger partial charge in [0.2, 0.25) is 0 Å². The molecule has 3 atom stereocenters. The molecule has 0 radical (unpaired) electrons. The Bertz CT molecular complexity index is 2210. The van der Waals surface area contributed by atoms with Crippen molar-refractivity contribution in [1.29, 1.82) is 0 Å². The molecule has 0 saturated heterocycles. The van der Waals surface area contributed by atoms with Gasteiger partial charge in [-0.15, -0.1) is 0 Å². The van der Waals surface area contributed by atoms with E-state index in [0.29, 0.717) is 23.5 Å². The van der Waals surface area contributed by atoms with Gasteiger partial charge in [-0.2, -0.15) is 0 Å². The van der Waals surface area contributed by atoms with Gasteiger partial charge < -0.3 is 4.90 Å². The van der Waals surface area contributed by atoms with E-state index in [9.17, 15) is 9.59 Å². The topological polar surface area (TPSA) is 37.4 Å². The average Bonchev–Trinajstić information content (AvgIpc) is 3.34. The van der Waals surface area contributed by atoms with E-state index < -0.39 is 5.92 Å². The molecule has 4 aromatic rings. The molecule has 9 rings (SSSR count). The normalized spacial score (nSPS) is 22.6. The SMILES string of the molecule is O=C1c2cc3ccccc3cc2C(=O)C1Cc1ccc2cc(N(C3=CC=C4C=CC=CC4C3)C3C=CC=C4C=CC=CC43)ccc2c1. The van der Waals surface area contributed by atoms with Crippen molar-refractivity contribution in [3.63, 3.8) is 0 Å². The molecule has 0 spiro atoms. The van der Waals surface area contributed by atoms with Crippen LogP contribution in [0.2, 0.25) is 0 Å². The number of benzene rings is 4. The van der Waals surface area contributed by atoms with E-state index in [-0.39, 0.29) is 23.5 Å². The van der Waals surface area contributed by atoms with Crippen LogP contribution in [-0.2, 0) is 6.42 Å². The number of ketones is 2. The number of carbonyl (C=O) groups is 2. The van der Waals surface area contributed by atoms with E-state index in [1.165, 1.54) is 16.8 Å². The minimum Gasteiger partial charge on any atom is -0.337 e. The van der Waals surface area contributed by atoms with Crippen molar-refractivity contribution < 1.29 is 9.59 Å². The van der Waals surface area contributed by atoms with Crippen molar-refractivity contribution in [3.05, 3.63) is 185 Å². The first kappa shape index (κ1) is 27.7. The van der Waals surface area contributed by atoms with Crippen molar-refractivity contribution >= 4 is 38.8 Å². The zero-order chi connectivity index (χ0) is 31.5. The van der Waals surface area contributed by atoms with Crippen molar-refractivity contribution in [2.75, 3.05) is 4.90 Å². The third-order valence-electron chi connectivity index (χ3n) is 10.4. The smallest absolute Gasteiger partial charge is 0.174 e. The molecule has 3 nitrogen and oxygen atoms in total. The second-order valence-corrected chi connectivity index (χ2v) is 13.2. The summed E-state index contributed by atoms with van der Waals surface area (Å²) < 4.78 is 0. The first-order valence-electron chi connectivity index (χ1n) is 16.5. The van der Waals surface area contributed by atoms with Gasteiger partial charge in [-0.3, -0.25) is 9.59 Å². The standard InChI is InChI=1S/C44H33NO2/c46-43-39-26-32-11-3-4-12-33(32)27-40(39)44(47)41(43)23-28-16-17-35-25-37(21-19-34(35)22-28)45(36-20-18-29-8-1-2-10-31(29)24-36)42-15-7-13-30-9-5-6-14-38(30)42/h1-22,25-27,31,38,41-42H,23-24H2. The lowest BCUT2D eigenvalue weighted by Crippen LogP contribution is -2.41. The molecule has 5 aliphatic rings. The lowest BCUT2D eigenvalue weighted by molar-refractivity contribution is 0.0838. The number of rotatable bonds is 5. The van der Waals surface area contributed by atoms with Gasteiger partial charge in [-0.1, -0.05) is 121 Å². The van der Waals surface area contributed by atoms with E-state index in [2.05, 4.69) is 120 Å². The highest BCUT2D eigenvalue weighted by Crippen LogP contribution is 2.40. The molecule has 0 aliphatic heterocycles. The molecule has 0 bridgehead atoms. The van der Waals surface area contributed by atoms with Crippen molar-refractivity contribution in [1.82, 2.24) is 0 Å². The molecular weight excluding hydrogens is 574 g/mol. The van der Waals surface area contributed by atoms with Crippen LogP contribution in [0.25, 0.3) is 21.5 Å². The van der Waals surface area contributed by atoms with Gasteiger partial charge in [0.1, 0.15) is 0 Å². The molecular formula is C44H33NO2. The van der Waals surface area contributed by atoms with Crippen LogP contribution < -0.4 is 4.90 Å². The number of nitrogens with zero attached hydrogens (tertiary/aromatic N) is 1. The van der Waals surface area contributed by atoms with Crippen LogP contribution >= 0.6 is 0 Å². The maximum absolute atomic E-state index is 13.5. The van der Waals surface area contributed by atoms with Crippen molar-refractivity contribution in [2.45, 2.75) is 18.9 Å². The van der Waals surface area contributed by atoms with Crippen LogP contribution in [0.3, 0.4) is 0 Å². The lowest BCUT2D eigenvalue weighted by atomic mass is 9.81. The predicted octanol–water partition coefficient (Wildman–Crippen LogP) is 9.60. The molecule has 4 aromatic carbocycles. The van der Waals surface area contributed by atoms with Crippen LogP contribution in [0.4, 0.5) is 5.69 Å². The highest BCUT2D eigenvalue weighted by atomic mass is 16.2. The number of carbonyl (C=O) groups excluding carboxylic acids is 2. The number of Topliss-reactive ketones (excluding diaryl/α,β-unsaturated/α-hetero) is 2. The number of hydrogen-bond donors (Lipinski definition) is 0.